The van der Waals surface area contributed by atoms with E-state index in [1.54, 1.807) is 0 Å². The predicted octanol–water partition coefficient (Wildman–Crippen LogP) is 3.70. The van der Waals surface area contributed by atoms with Gasteiger partial charge in [0.25, 0.3) is 0 Å². The summed E-state index contributed by atoms with van der Waals surface area (Å²) >= 11 is 0. The summed E-state index contributed by atoms with van der Waals surface area (Å²) in [6, 6.07) is 8.48. The highest BCUT2D eigenvalue weighted by Crippen LogP contribution is 2.33. The number of aldehydes is 1. The summed E-state index contributed by atoms with van der Waals surface area (Å²) < 4.78 is 0. The molecule has 29 heavy (non-hydrogen) atoms. The van der Waals surface area contributed by atoms with E-state index in [2.05, 4.69) is 55.0 Å². The smallest absolute Gasteiger partial charge is 0.126 e. The average molecular weight is 401 g/mol. The van der Waals surface area contributed by atoms with Crippen molar-refractivity contribution in [2.75, 3.05) is 33.2 Å². The molecule has 1 aliphatic heterocycles. The van der Waals surface area contributed by atoms with Crippen molar-refractivity contribution in [1.29, 1.82) is 0 Å². The largest absolute Gasteiger partial charge is 0.383 e. The molecule has 2 rings (SSSR count). The Bertz CT molecular complexity index is 675. The van der Waals surface area contributed by atoms with E-state index >= 15 is 0 Å². The number of aliphatic imine (C=N–C) groups is 1. The summed E-state index contributed by atoms with van der Waals surface area (Å²) in [5.74, 6) is 0.566. The number of piperazine rings is 1. The number of carbonyl (C=O) groups excluding carboxylic acids is 1. The lowest BCUT2D eigenvalue weighted by Crippen LogP contribution is -2.43. The molecule has 1 aliphatic rings. The van der Waals surface area contributed by atoms with Crippen LogP contribution in [-0.4, -0.2) is 60.7 Å². The topological polar surface area (TPSA) is 61.9 Å². The summed E-state index contributed by atoms with van der Waals surface area (Å²) in [4.78, 5) is 21.3. The van der Waals surface area contributed by atoms with Gasteiger partial charge in [0.15, 0.2) is 0 Å². The van der Waals surface area contributed by atoms with Crippen LogP contribution in [0.25, 0.3) is 0 Å². The molecule has 1 heterocycles. The zero-order chi connectivity index (χ0) is 21.5. The molecular formula is C24H40N4O. The van der Waals surface area contributed by atoms with Gasteiger partial charge in [-0.25, -0.2) is 0 Å². The molecule has 5 nitrogen and oxygen atoms in total. The second-order valence-electron chi connectivity index (χ2n) is 9.66. The Morgan fingerprint density at radius 1 is 1.14 bits per heavy atom. The summed E-state index contributed by atoms with van der Waals surface area (Å²) in [7, 11) is 2.18. The Morgan fingerprint density at radius 2 is 1.76 bits per heavy atom. The SMILES string of the molecule is CCCCC(C)(CC(C)(C)C=O)N=C(N)c1ccc(CN2CCN(C)CC2)cc1. The number of likely N-dealkylation sites (N-methyl/N-ethyl adjacent to an activating group) is 1. The number of benzene rings is 1. The number of hydrogen-bond acceptors (Lipinski definition) is 4. The molecule has 1 saturated heterocycles. The molecule has 1 atom stereocenters. The molecule has 0 bridgehead atoms. The zero-order valence-corrected chi connectivity index (χ0v) is 19.1. The molecule has 1 aromatic carbocycles. The van der Waals surface area contributed by atoms with E-state index in [4.69, 9.17) is 10.7 Å². The summed E-state index contributed by atoms with van der Waals surface area (Å²) in [5.41, 5.74) is 7.94. The van der Waals surface area contributed by atoms with Crippen LogP contribution in [0.4, 0.5) is 0 Å². The van der Waals surface area contributed by atoms with Gasteiger partial charge >= 0.3 is 0 Å². The van der Waals surface area contributed by atoms with Crippen molar-refractivity contribution in [3.8, 4) is 0 Å². The Balaban J connectivity index is 2.09. The van der Waals surface area contributed by atoms with Crippen molar-refractivity contribution >= 4 is 12.1 Å². The van der Waals surface area contributed by atoms with Crippen molar-refractivity contribution in [2.45, 2.75) is 65.5 Å². The Kier molecular flexibility index (Phi) is 8.41. The third kappa shape index (κ3) is 7.56. The number of hydrogen-bond donors (Lipinski definition) is 1. The van der Waals surface area contributed by atoms with Crippen LogP contribution in [-0.2, 0) is 11.3 Å². The van der Waals surface area contributed by atoms with Crippen molar-refractivity contribution in [3.05, 3.63) is 35.4 Å². The Labute approximate surface area is 177 Å². The lowest BCUT2D eigenvalue weighted by molar-refractivity contribution is -0.115. The van der Waals surface area contributed by atoms with E-state index in [0.717, 1.165) is 63.8 Å². The molecule has 0 spiro atoms. The first-order chi connectivity index (χ1) is 13.7. The minimum absolute atomic E-state index is 0.330. The predicted molar refractivity (Wildman–Crippen MR) is 122 cm³/mol. The fourth-order valence-electron chi connectivity index (χ4n) is 4.17. The van der Waals surface area contributed by atoms with Gasteiger partial charge in [0.2, 0.25) is 0 Å². The molecule has 0 radical (unpaired) electrons. The van der Waals surface area contributed by atoms with E-state index in [0.29, 0.717) is 12.3 Å². The van der Waals surface area contributed by atoms with Gasteiger partial charge in [0.1, 0.15) is 12.1 Å². The molecule has 162 valence electrons. The highest BCUT2D eigenvalue weighted by molar-refractivity contribution is 5.97. The fraction of sp³-hybridized carbons (Fsp3) is 0.667. The van der Waals surface area contributed by atoms with Gasteiger partial charge in [-0.2, -0.15) is 0 Å². The van der Waals surface area contributed by atoms with Crippen LogP contribution < -0.4 is 5.73 Å². The average Bonchev–Trinajstić information content (AvgIpc) is 2.68. The minimum Gasteiger partial charge on any atom is -0.383 e. The lowest BCUT2D eigenvalue weighted by Gasteiger charge is -2.32. The second-order valence-corrected chi connectivity index (χ2v) is 9.66. The van der Waals surface area contributed by atoms with E-state index in [-0.39, 0.29) is 5.54 Å². The molecule has 0 aliphatic carbocycles. The maximum Gasteiger partial charge on any atom is 0.126 e. The van der Waals surface area contributed by atoms with Crippen LogP contribution >= 0.6 is 0 Å². The van der Waals surface area contributed by atoms with Crippen molar-refractivity contribution in [1.82, 2.24) is 9.80 Å². The zero-order valence-electron chi connectivity index (χ0n) is 19.1. The normalized spacial score (nSPS) is 19.1. The van der Waals surface area contributed by atoms with Gasteiger partial charge in [0, 0.05) is 43.7 Å². The van der Waals surface area contributed by atoms with Crippen LogP contribution in [0.1, 0.15) is 64.5 Å². The molecule has 1 aromatic rings. The van der Waals surface area contributed by atoms with Gasteiger partial charge in [-0.1, -0.05) is 57.9 Å². The van der Waals surface area contributed by atoms with Crippen LogP contribution in [0.15, 0.2) is 29.3 Å². The summed E-state index contributed by atoms with van der Waals surface area (Å²) in [5, 5.41) is 0. The van der Waals surface area contributed by atoms with Crippen LogP contribution in [0.3, 0.4) is 0 Å². The van der Waals surface area contributed by atoms with Crippen LogP contribution in [0, 0.1) is 5.41 Å². The van der Waals surface area contributed by atoms with Gasteiger partial charge < -0.3 is 15.4 Å². The molecule has 2 N–H and O–H groups in total. The van der Waals surface area contributed by atoms with Gasteiger partial charge in [0.05, 0.1) is 5.54 Å². The highest BCUT2D eigenvalue weighted by Gasteiger charge is 2.32. The first kappa shape index (κ1) is 23.6. The maximum absolute atomic E-state index is 11.5. The third-order valence-electron chi connectivity index (χ3n) is 5.87. The second kappa shape index (κ2) is 10.4. The number of carbonyl (C=O) groups is 1. The third-order valence-corrected chi connectivity index (χ3v) is 5.87. The van der Waals surface area contributed by atoms with Crippen LogP contribution in [0.5, 0.6) is 0 Å². The number of nitrogens with two attached hydrogens (primary N) is 1. The summed E-state index contributed by atoms with van der Waals surface area (Å²) in [6.07, 6.45) is 4.85. The van der Waals surface area contributed by atoms with Crippen molar-refractivity contribution in [3.63, 3.8) is 0 Å². The minimum atomic E-state index is -0.404. The number of nitrogens with zero attached hydrogens (tertiary/aromatic N) is 3. The van der Waals surface area contributed by atoms with Gasteiger partial charge in [-0.15, -0.1) is 0 Å². The van der Waals surface area contributed by atoms with E-state index in [1.807, 2.05) is 13.8 Å². The molecule has 1 fully saturated rings. The van der Waals surface area contributed by atoms with Gasteiger partial charge in [-0.3, -0.25) is 9.89 Å². The molecule has 0 aromatic heterocycles. The quantitative estimate of drug-likeness (QED) is 0.369. The molecule has 5 heteroatoms. The maximum atomic E-state index is 11.5. The molecule has 0 saturated carbocycles. The first-order valence-corrected chi connectivity index (χ1v) is 11.0. The number of amidine groups is 1. The van der Waals surface area contributed by atoms with E-state index in [9.17, 15) is 4.79 Å². The number of unbranched alkanes of at least 4 members (excludes halogenated alkanes) is 1. The van der Waals surface area contributed by atoms with E-state index in [1.165, 1.54) is 5.56 Å². The van der Waals surface area contributed by atoms with Gasteiger partial charge in [-0.05, 0) is 32.4 Å². The first-order valence-electron chi connectivity index (χ1n) is 11.0. The van der Waals surface area contributed by atoms with Crippen LogP contribution in [0.2, 0.25) is 0 Å². The fourth-order valence-corrected chi connectivity index (χ4v) is 4.17. The standard InChI is InChI=1S/C24H40N4O/c1-6-7-12-24(4,18-23(2,3)19-29)26-22(25)21-10-8-20(9-11-21)17-28-15-13-27(5)14-16-28/h8-11,19H,6-7,12-18H2,1-5H3,(H2,25,26). The molecule has 1 unspecified atom stereocenters. The Hall–Kier alpha value is -1.72. The van der Waals surface area contributed by atoms with Crippen molar-refractivity contribution < 1.29 is 4.79 Å². The van der Waals surface area contributed by atoms with Crippen molar-refractivity contribution in [2.24, 2.45) is 16.1 Å². The summed E-state index contributed by atoms with van der Waals surface area (Å²) in [6.45, 7) is 13.7. The lowest BCUT2D eigenvalue weighted by atomic mass is 9.78. The molecular weight excluding hydrogens is 360 g/mol. The Morgan fingerprint density at radius 3 is 2.31 bits per heavy atom. The number of rotatable bonds is 10. The highest BCUT2D eigenvalue weighted by atomic mass is 16.1. The van der Waals surface area contributed by atoms with E-state index < -0.39 is 5.41 Å². The monoisotopic (exact) mass is 400 g/mol. The molecule has 0 amide bonds.